The van der Waals surface area contributed by atoms with Gasteiger partial charge in [-0.2, -0.15) is 0 Å². The van der Waals surface area contributed by atoms with E-state index in [1.807, 2.05) is 6.20 Å². The van der Waals surface area contributed by atoms with Crippen LogP contribution in [0.2, 0.25) is 0 Å². The highest BCUT2D eigenvalue weighted by molar-refractivity contribution is 9.10. The number of halogens is 1. The first kappa shape index (κ1) is 10.4. The number of aromatic nitrogens is 1. The first-order valence-electron chi connectivity index (χ1n) is 5.91. The van der Waals surface area contributed by atoms with E-state index in [0.29, 0.717) is 5.41 Å². The summed E-state index contributed by atoms with van der Waals surface area (Å²) in [5, 5.41) is 7.03. The molecule has 16 heavy (non-hydrogen) atoms. The van der Waals surface area contributed by atoms with Crippen molar-refractivity contribution in [2.24, 2.45) is 5.41 Å². The molecule has 1 saturated carbocycles. The van der Waals surface area contributed by atoms with Crippen molar-refractivity contribution >= 4 is 27.4 Å². The van der Waals surface area contributed by atoms with E-state index in [1.54, 1.807) is 0 Å². The van der Waals surface area contributed by atoms with Gasteiger partial charge < -0.3 is 10.6 Å². The van der Waals surface area contributed by atoms with Crippen molar-refractivity contribution < 1.29 is 0 Å². The number of rotatable bonds is 0. The molecule has 0 radical (unpaired) electrons. The predicted molar refractivity (Wildman–Crippen MR) is 69.8 cm³/mol. The second kappa shape index (κ2) is 3.91. The summed E-state index contributed by atoms with van der Waals surface area (Å²) >= 11 is 3.46. The quantitative estimate of drug-likeness (QED) is 0.767. The van der Waals surface area contributed by atoms with Gasteiger partial charge in [-0.3, -0.25) is 0 Å². The lowest BCUT2D eigenvalue weighted by Crippen LogP contribution is -2.31. The average Bonchev–Trinajstić information content (AvgIpc) is 2.66. The van der Waals surface area contributed by atoms with Gasteiger partial charge in [0.25, 0.3) is 0 Å². The van der Waals surface area contributed by atoms with Crippen LogP contribution in [-0.4, -0.2) is 18.1 Å². The van der Waals surface area contributed by atoms with E-state index in [-0.39, 0.29) is 0 Å². The maximum atomic E-state index is 4.41. The maximum absolute atomic E-state index is 4.41. The predicted octanol–water partition coefficient (Wildman–Crippen LogP) is 3.24. The molecule has 1 aromatic rings. The van der Waals surface area contributed by atoms with Crippen molar-refractivity contribution in [3.8, 4) is 0 Å². The molecule has 1 aromatic heterocycles. The number of pyridine rings is 1. The van der Waals surface area contributed by atoms with Crippen molar-refractivity contribution in [1.29, 1.82) is 0 Å². The van der Waals surface area contributed by atoms with Gasteiger partial charge >= 0.3 is 0 Å². The summed E-state index contributed by atoms with van der Waals surface area (Å²) in [6.45, 7) is 2.13. The fourth-order valence-electron chi connectivity index (χ4n) is 2.81. The van der Waals surface area contributed by atoms with Crippen LogP contribution in [0.3, 0.4) is 0 Å². The summed E-state index contributed by atoms with van der Waals surface area (Å²) in [5.41, 5.74) is 1.57. The molecule has 1 aliphatic carbocycles. The molecule has 1 spiro atoms. The number of nitrogens with zero attached hydrogens (tertiary/aromatic N) is 1. The highest BCUT2D eigenvalue weighted by Gasteiger charge is 2.35. The highest BCUT2D eigenvalue weighted by Crippen LogP contribution is 2.40. The van der Waals surface area contributed by atoms with Gasteiger partial charge in [0.2, 0.25) is 0 Å². The van der Waals surface area contributed by atoms with Gasteiger partial charge in [0.1, 0.15) is 5.82 Å². The smallest absolute Gasteiger partial charge is 0.149 e. The third-order valence-corrected chi connectivity index (χ3v) is 4.24. The number of anilines is 2. The molecule has 0 bridgehead atoms. The SMILES string of the molecule is Brc1cnc2c(c1)NCC1(CCCC1)CN2. The van der Waals surface area contributed by atoms with E-state index >= 15 is 0 Å². The van der Waals surface area contributed by atoms with Gasteiger partial charge in [-0.15, -0.1) is 0 Å². The zero-order chi connectivity index (χ0) is 11.0. The average molecular weight is 282 g/mol. The van der Waals surface area contributed by atoms with Crippen LogP contribution in [0.15, 0.2) is 16.7 Å². The van der Waals surface area contributed by atoms with Crippen LogP contribution < -0.4 is 10.6 Å². The molecule has 4 heteroatoms. The molecule has 2 aliphatic rings. The Bertz CT molecular complexity index is 399. The zero-order valence-electron chi connectivity index (χ0n) is 9.22. The Morgan fingerprint density at radius 3 is 2.75 bits per heavy atom. The molecule has 3 rings (SSSR count). The van der Waals surface area contributed by atoms with E-state index in [1.165, 1.54) is 25.7 Å². The molecule has 0 amide bonds. The third kappa shape index (κ3) is 1.79. The molecule has 0 saturated heterocycles. The monoisotopic (exact) mass is 281 g/mol. The van der Waals surface area contributed by atoms with Gasteiger partial charge in [-0.05, 0) is 34.8 Å². The number of hydrogen-bond donors (Lipinski definition) is 2. The Hall–Kier alpha value is -0.770. The van der Waals surface area contributed by atoms with Gasteiger partial charge in [0, 0.05) is 29.2 Å². The number of hydrogen-bond acceptors (Lipinski definition) is 3. The molecule has 0 aromatic carbocycles. The molecule has 2 N–H and O–H groups in total. The fraction of sp³-hybridized carbons (Fsp3) is 0.583. The molecule has 86 valence electrons. The third-order valence-electron chi connectivity index (χ3n) is 3.80. The van der Waals surface area contributed by atoms with E-state index in [2.05, 4.69) is 37.6 Å². The Labute approximate surface area is 104 Å². The topological polar surface area (TPSA) is 37.0 Å². The summed E-state index contributed by atoms with van der Waals surface area (Å²) in [6.07, 6.45) is 7.26. The van der Waals surface area contributed by atoms with Crippen LogP contribution in [0.5, 0.6) is 0 Å². The summed E-state index contributed by atoms with van der Waals surface area (Å²) in [6, 6.07) is 2.10. The molecular formula is C12H16BrN3. The number of nitrogens with one attached hydrogen (secondary N) is 2. The minimum absolute atomic E-state index is 0.452. The Balaban J connectivity index is 1.86. The highest BCUT2D eigenvalue weighted by atomic mass is 79.9. The van der Waals surface area contributed by atoms with Gasteiger partial charge in [-0.1, -0.05) is 12.8 Å². The summed E-state index contributed by atoms with van der Waals surface area (Å²) in [7, 11) is 0. The lowest BCUT2D eigenvalue weighted by atomic mass is 9.86. The van der Waals surface area contributed by atoms with Crippen LogP contribution in [0.1, 0.15) is 25.7 Å². The lowest BCUT2D eigenvalue weighted by Gasteiger charge is -2.26. The zero-order valence-corrected chi connectivity index (χ0v) is 10.8. The van der Waals surface area contributed by atoms with Gasteiger partial charge in [0.15, 0.2) is 0 Å². The van der Waals surface area contributed by atoms with Crippen molar-refractivity contribution in [2.75, 3.05) is 23.7 Å². The van der Waals surface area contributed by atoms with Crippen LogP contribution >= 0.6 is 15.9 Å². The molecule has 0 unspecified atom stereocenters. The fourth-order valence-corrected chi connectivity index (χ4v) is 3.14. The molecule has 1 aliphatic heterocycles. The van der Waals surface area contributed by atoms with E-state index < -0.39 is 0 Å². The maximum Gasteiger partial charge on any atom is 0.149 e. The van der Waals surface area contributed by atoms with E-state index in [9.17, 15) is 0 Å². The second-order valence-corrected chi connectivity index (χ2v) is 5.88. The number of fused-ring (bicyclic) bond motifs is 1. The summed E-state index contributed by atoms with van der Waals surface area (Å²) in [4.78, 5) is 4.41. The Kier molecular flexibility index (Phi) is 2.54. The standard InChI is InChI=1S/C12H16BrN3/c13-9-5-10-11(14-6-9)16-8-12(7-15-10)3-1-2-4-12/h5-6,15H,1-4,7-8H2,(H,14,16). The first-order chi connectivity index (χ1) is 7.77. The summed E-state index contributed by atoms with van der Waals surface area (Å²) < 4.78 is 1.03. The van der Waals surface area contributed by atoms with E-state index in [4.69, 9.17) is 0 Å². The molecular weight excluding hydrogens is 266 g/mol. The van der Waals surface area contributed by atoms with Crippen molar-refractivity contribution in [3.63, 3.8) is 0 Å². The van der Waals surface area contributed by atoms with Crippen LogP contribution in [-0.2, 0) is 0 Å². The lowest BCUT2D eigenvalue weighted by molar-refractivity contribution is 0.346. The normalized spacial score (nSPS) is 22.1. The van der Waals surface area contributed by atoms with Crippen molar-refractivity contribution in [2.45, 2.75) is 25.7 Å². The molecule has 3 nitrogen and oxygen atoms in total. The Morgan fingerprint density at radius 1 is 1.19 bits per heavy atom. The molecule has 1 fully saturated rings. The molecule has 0 atom stereocenters. The van der Waals surface area contributed by atoms with Crippen LogP contribution in [0, 0.1) is 5.41 Å². The summed E-state index contributed by atoms with van der Waals surface area (Å²) in [5.74, 6) is 0.993. The molecule has 2 heterocycles. The van der Waals surface area contributed by atoms with Crippen LogP contribution in [0.4, 0.5) is 11.5 Å². The van der Waals surface area contributed by atoms with Crippen molar-refractivity contribution in [1.82, 2.24) is 4.98 Å². The first-order valence-corrected chi connectivity index (χ1v) is 6.70. The van der Waals surface area contributed by atoms with Crippen molar-refractivity contribution in [3.05, 3.63) is 16.7 Å². The largest absolute Gasteiger partial charge is 0.381 e. The minimum Gasteiger partial charge on any atom is -0.381 e. The van der Waals surface area contributed by atoms with Crippen LogP contribution in [0.25, 0.3) is 0 Å². The van der Waals surface area contributed by atoms with Gasteiger partial charge in [0.05, 0.1) is 5.69 Å². The van der Waals surface area contributed by atoms with E-state index in [0.717, 1.165) is 29.1 Å². The van der Waals surface area contributed by atoms with Gasteiger partial charge in [-0.25, -0.2) is 4.98 Å². The minimum atomic E-state index is 0.452. The Morgan fingerprint density at radius 2 is 1.94 bits per heavy atom. The second-order valence-electron chi connectivity index (χ2n) is 4.96.